The highest BCUT2D eigenvalue weighted by atomic mass is 16.5. The quantitative estimate of drug-likeness (QED) is 0.804. The zero-order chi connectivity index (χ0) is 13.0. The normalized spacial score (nSPS) is 10.3. The molecule has 0 amide bonds. The maximum atomic E-state index is 5.58. The summed E-state index contributed by atoms with van der Waals surface area (Å²) in [5.74, 6) is 1.05. The van der Waals surface area contributed by atoms with Crippen LogP contribution in [0.4, 0.5) is 17.7 Å². The lowest BCUT2D eigenvalue weighted by Crippen LogP contribution is -2.07. The van der Waals surface area contributed by atoms with Crippen molar-refractivity contribution in [3.8, 4) is 6.01 Å². The molecule has 0 aliphatic heterocycles. The van der Waals surface area contributed by atoms with Gasteiger partial charge >= 0.3 is 6.01 Å². The molecule has 0 bridgehead atoms. The third-order valence-corrected chi connectivity index (χ3v) is 2.02. The van der Waals surface area contributed by atoms with Crippen molar-refractivity contribution < 1.29 is 4.74 Å². The molecule has 96 valence electrons. The summed E-state index contributed by atoms with van der Waals surface area (Å²) in [6.45, 7) is 2.53. The van der Waals surface area contributed by atoms with Crippen LogP contribution in [-0.2, 0) is 7.05 Å². The van der Waals surface area contributed by atoms with Gasteiger partial charge in [-0.1, -0.05) is 6.92 Å². The number of anilines is 3. The molecular weight excluding hydrogens is 234 g/mol. The Hall–Kier alpha value is -2.38. The Morgan fingerprint density at radius 1 is 1.39 bits per heavy atom. The number of nitrogen functional groups attached to an aromatic ring is 1. The number of aryl methyl sites for hydroxylation is 1. The third kappa shape index (κ3) is 3.06. The Kier molecular flexibility index (Phi) is 3.56. The van der Waals surface area contributed by atoms with Crippen molar-refractivity contribution in [3.05, 3.63) is 12.3 Å². The van der Waals surface area contributed by atoms with E-state index in [1.807, 2.05) is 14.0 Å². The monoisotopic (exact) mass is 249 g/mol. The summed E-state index contributed by atoms with van der Waals surface area (Å²) in [5, 5.41) is 7.08. The Labute approximate surface area is 104 Å². The van der Waals surface area contributed by atoms with Gasteiger partial charge in [-0.05, 0) is 6.42 Å². The minimum atomic E-state index is 0.106. The lowest BCUT2D eigenvalue weighted by Gasteiger charge is -2.05. The molecule has 0 radical (unpaired) electrons. The predicted octanol–water partition coefficient (Wildman–Crippen LogP) is 0.720. The first-order valence-electron chi connectivity index (χ1n) is 5.58. The van der Waals surface area contributed by atoms with Crippen molar-refractivity contribution >= 4 is 17.7 Å². The molecule has 0 aromatic carbocycles. The largest absolute Gasteiger partial charge is 0.463 e. The highest BCUT2D eigenvalue weighted by Crippen LogP contribution is 2.13. The molecule has 8 heteroatoms. The van der Waals surface area contributed by atoms with Crippen molar-refractivity contribution in [1.29, 1.82) is 0 Å². The van der Waals surface area contributed by atoms with Crippen LogP contribution in [0.3, 0.4) is 0 Å². The summed E-state index contributed by atoms with van der Waals surface area (Å²) in [6, 6.07) is 2.01. The van der Waals surface area contributed by atoms with Gasteiger partial charge in [0.15, 0.2) is 5.82 Å². The van der Waals surface area contributed by atoms with E-state index in [-0.39, 0.29) is 12.0 Å². The average Bonchev–Trinajstić information content (AvgIpc) is 2.71. The Morgan fingerprint density at radius 3 is 2.89 bits per heavy atom. The van der Waals surface area contributed by atoms with Crippen LogP contribution in [0.5, 0.6) is 6.01 Å². The van der Waals surface area contributed by atoms with E-state index in [1.165, 1.54) is 0 Å². The molecule has 2 aromatic rings. The van der Waals surface area contributed by atoms with E-state index in [0.717, 1.165) is 6.42 Å². The smallest absolute Gasteiger partial charge is 0.323 e. The van der Waals surface area contributed by atoms with E-state index in [1.54, 1.807) is 16.9 Å². The minimum Gasteiger partial charge on any atom is -0.463 e. The van der Waals surface area contributed by atoms with Gasteiger partial charge in [-0.25, -0.2) is 0 Å². The van der Waals surface area contributed by atoms with Crippen LogP contribution in [0.1, 0.15) is 13.3 Å². The topological polar surface area (TPSA) is 104 Å². The molecule has 0 atom stereocenters. The molecule has 0 aliphatic carbocycles. The van der Waals surface area contributed by atoms with Gasteiger partial charge in [0.1, 0.15) is 0 Å². The van der Waals surface area contributed by atoms with Crippen LogP contribution in [0.2, 0.25) is 0 Å². The van der Waals surface area contributed by atoms with Crippen molar-refractivity contribution in [1.82, 2.24) is 24.7 Å². The SMILES string of the molecule is CCCOc1nc(N)nc(Nc2ccn(C)n2)n1. The van der Waals surface area contributed by atoms with Gasteiger partial charge in [-0.3, -0.25) is 4.68 Å². The van der Waals surface area contributed by atoms with Gasteiger partial charge in [-0.2, -0.15) is 20.1 Å². The van der Waals surface area contributed by atoms with Gasteiger partial charge in [0.2, 0.25) is 11.9 Å². The van der Waals surface area contributed by atoms with E-state index in [9.17, 15) is 0 Å². The number of hydrogen-bond donors (Lipinski definition) is 2. The molecular formula is C10H15N7O. The maximum Gasteiger partial charge on any atom is 0.323 e. The first kappa shape index (κ1) is 12.1. The number of rotatable bonds is 5. The molecule has 2 aromatic heterocycles. The molecule has 0 spiro atoms. The first-order valence-corrected chi connectivity index (χ1v) is 5.58. The number of aromatic nitrogens is 5. The summed E-state index contributed by atoms with van der Waals surface area (Å²) in [5.41, 5.74) is 5.58. The van der Waals surface area contributed by atoms with Gasteiger partial charge in [0.05, 0.1) is 6.61 Å². The molecule has 0 unspecified atom stereocenters. The molecule has 8 nitrogen and oxygen atoms in total. The summed E-state index contributed by atoms with van der Waals surface area (Å²) >= 11 is 0. The second kappa shape index (κ2) is 5.30. The summed E-state index contributed by atoms with van der Waals surface area (Å²) in [7, 11) is 1.82. The van der Waals surface area contributed by atoms with Gasteiger partial charge in [0, 0.05) is 19.3 Å². The molecule has 2 heterocycles. The van der Waals surface area contributed by atoms with E-state index >= 15 is 0 Å². The Bertz CT molecular complexity index is 525. The number of hydrogen-bond acceptors (Lipinski definition) is 7. The predicted molar refractivity (Wildman–Crippen MR) is 66.5 cm³/mol. The molecule has 0 aliphatic rings. The second-order valence-electron chi connectivity index (χ2n) is 3.65. The molecule has 0 fully saturated rings. The number of ether oxygens (including phenoxy) is 1. The maximum absolute atomic E-state index is 5.58. The second-order valence-corrected chi connectivity index (χ2v) is 3.65. The average molecular weight is 249 g/mol. The fraction of sp³-hybridized carbons (Fsp3) is 0.400. The van der Waals surface area contributed by atoms with Crippen molar-refractivity contribution in [2.75, 3.05) is 17.7 Å². The van der Waals surface area contributed by atoms with Crippen LogP contribution in [0, 0.1) is 0 Å². The minimum absolute atomic E-state index is 0.106. The van der Waals surface area contributed by atoms with Gasteiger partial charge < -0.3 is 15.8 Å². The van der Waals surface area contributed by atoms with Gasteiger partial charge in [-0.15, -0.1) is 0 Å². The fourth-order valence-corrected chi connectivity index (χ4v) is 1.28. The van der Waals surface area contributed by atoms with E-state index in [2.05, 4.69) is 25.4 Å². The van der Waals surface area contributed by atoms with E-state index < -0.39 is 0 Å². The van der Waals surface area contributed by atoms with Crippen molar-refractivity contribution in [2.45, 2.75) is 13.3 Å². The summed E-state index contributed by atoms with van der Waals surface area (Å²) in [4.78, 5) is 11.9. The Morgan fingerprint density at radius 2 is 2.22 bits per heavy atom. The number of nitrogens with zero attached hydrogens (tertiary/aromatic N) is 5. The van der Waals surface area contributed by atoms with Crippen LogP contribution in [0.25, 0.3) is 0 Å². The first-order chi connectivity index (χ1) is 8.67. The summed E-state index contributed by atoms with van der Waals surface area (Å²) in [6.07, 6.45) is 2.68. The Balaban J connectivity index is 2.14. The highest BCUT2D eigenvalue weighted by molar-refractivity contribution is 5.48. The number of nitrogens with one attached hydrogen (secondary N) is 1. The zero-order valence-electron chi connectivity index (χ0n) is 10.3. The fourth-order valence-electron chi connectivity index (χ4n) is 1.28. The van der Waals surface area contributed by atoms with Crippen LogP contribution >= 0.6 is 0 Å². The molecule has 0 saturated carbocycles. The summed E-state index contributed by atoms with van der Waals surface area (Å²) < 4.78 is 6.98. The molecule has 3 N–H and O–H groups in total. The van der Waals surface area contributed by atoms with Crippen molar-refractivity contribution in [2.24, 2.45) is 7.05 Å². The number of nitrogens with two attached hydrogens (primary N) is 1. The lowest BCUT2D eigenvalue weighted by atomic mass is 10.5. The zero-order valence-corrected chi connectivity index (χ0v) is 10.3. The molecule has 18 heavy (non-hydrogen) atoms. The van der Waals surface area contributed by atoms with Crippen molar-refractivity contribution in [3.63, 3.8) is 0 Å². The molecule has 0 saturated heterocycles. The van der Waals surface area contributed by atoms with E-state index in [0.29, 0.717) is 18.4 Å². The standard InChI is InChI=1S/C10H15N7O/c1-3-6-18-10-14-8(11)13-9(15-10)12-7-4-5-17(2)16-7/h4-5H,3,6H2,1-2H3,(H3,11,12,13,14,15,16). The van der Waals surface area contributed by atoms with Crippen LogP contribution in [-0.4, -0.2) is 31.3 Å². The van der Waals surface area contributed by atoms with E-state index in [4.69, 9.17) is 10.5 Å². The highest BCUT2D eigenvalue weighted by Gasteiger charge is 2.06. The van der Waals surface area contributed by atoms with Gasteiger partial charge in [0.25, 0.3) is 0 Å². The van der Waals surface area contributed by atoms with Crippen LogP contribution < -0.4 is 15.8 Å². The third-order valence-electron chi connectivity index (χ3n) is 2.02. The van der Waals surface area contributed by atoms with Crippen LogP contribution in [0.15, 0.2) is 12.3 Å². The molecule has 2 rings (SSSR count). The lowest BCUT2D eigenvalue weighted by molar-refractivity contribution is 0.292.